The fourth-order valence-corrected chi connectivity index (χ4v) is 3.04. The number of aromatic hydroxyl groups is 1. The van der Waals surface area contributed by atoms with Gasteiger partial charge in [-0.1, -0.05) is 23.2 Å². The molecule has 1 aromatic carbocycles. The highest BCUT2D eigenvalue weighted by Crippen LogP contribution is 2.36. The Bertz CT molecular complexity index is 1040. The lowest BCUT2D eigenvalue weighted by molar-refractivity contribution is -0.137. The second-order valence-electron chi connectivity index (χ2n) is 6.19. The van der Waals surface area contributed by atoms with Gasteiger partial charge in [0.15, 0.2) is 5.96 Å². The number of benzene rings is 1. The van der Waals surface area contributed by atoms with Crippen LogP contribution in [0.25, 0.3) is 0 Å². The second-order valence-corrected chi connectivity index (χ2v) is 7.04. The van der Waals surface area contributed by atoms with Crippen molar-refractivity contribution in [2.45, 2.75) is 12.5 Å². The van der Waals surface area contributed by atoms with Crippen LogP contribution in [-0.2, 0) is 9.59 Å². The molecule has 11 nitrogen and oxygen atoms in total. The molecule has 2 amide bonds. The predicted molar refractivity (Wildman–Crippen MR) is 113 cm³/mol. The Labute approximate surface area is 186 Å². The summed E-state index contributed by atoms with van der Waals surface area (Å²) >= 11 is 11.8. The van der Waals surface area contributed by atoms with Crippen molar-refractivity contribution in [3.05, 3.63) is 51.8 Å². The number of halogens is 2. The first-order valence-electron chi connectivity index (χ1n) is 8.58. The number of nitrogens with two attached hydrogens (primary N) is 2. The molecule has 0 saturated carbocycles. The van der Waals surface area contributed by atoms with E-state index in [2.05, 4.69) is 20.6 Å². The van der Waals surface area contributed by atoms with E-state index in [1.54, 1.807) is 0 Å². The molecule has 0 aliphatic heterocycles. The summed E-state index contributed by atoms with van der Waals surface area (Å²) in [5.41, 5.74) is 10.9. The number of aliphatic carboxylic acids is 1. The number of guanidine groups is 1. The maximum atomic E-state index is 12.3. The summed E-state index contributed by atoms with van der Waals surface area (Å²) in [7, 11) is 0. The lowest BCUT2D eigenvalue weighted by Crippen LogP contribution is -2.39. The molecule has 1 heterocycles. The van der Waals surface area contributed by atoms with Crippen LogP contribution in [-0.4, -0.2) is 45.5 Å². The molecular weight excluding hydrogens is 451 g/mol. The number of aromatic nitrogens is 1. The van der Waals surface area contributed by atoms with Gasteiger partial charge in [0.1, 0.15) is 5.75 Å². The van der Waals surface area contributed by atoms with Crippen LogP contribution in [0.4, 0.5) is 5.69 Å². The molecule has 1 aromatic heterocycles. The number of carbonyl (C=O) groups is 3. The molecule has 0 spiro atoms. The van der Waals surface area contributed by atoms with Crippen LogP contribution in [0, 0.1) is 0 Å². The number of nitrogens with zero attached hydrogens (tertiary/aromatic N) is 2. The average Bonchev–Trinajstić information content (AvgIpc) is 2.67. The van der Waals surface area contributed by atoms with E-state index in [1.807, 2.05) is 0 Å². The van der Waals surface area contributed by atoms with Crippen molar-refractivity contribution in [3.63, 3.8) is 0 Å². The third kappa shape index (κ3) is 7.01. The summed E-state index contributed by atoms with van der Waals surface area (Å²) in [6.45, 7) is -0.490. The van der Waals surface area contributed by atoms with Gasteiger partial charge in [0.05, 0.1) is 41.5 Å². The molecule has 2 aromatic rings. The molecule has 0 bridgehead atoms. The zero-order valence-corrected chi connectivity index (χ0v) is 17.3. The number of aliphatic imine (C=N–C) groups is 1. The minimum Gasteiger partial charge on any atom is -0.506 e. The fourth-order valence-electron chi connectivity index (χ4n) is 2.54. The first kappa shape index (κ1) is 23.7. The summed E-state index contributed by atoms with van der Waals surface area (Å²) in [5.74, 6) is -3.23. The number of carboxylic acid groups (broad SMARTS) is 1. The maximum Gasteiger partial charge on any atom is 0.305 e. The lowest BCUT2D eigenvalue weighted by atomic mass is 10.0. The Kier molecular flexibility index (Phi) is 8.00. The zero-order chi connectivity index (χ0) is 23.1. The summed E-state index contributed by atoms with van der Waals surface area (Å²) in [4.78, 5) is 43.4. The number of amides is 2. The van der Waals surface area contributed by atoms with E-state index in [0.717, 1.165) is 0 Å². The molecule has 1 unspecified atom stereocenters. The second kappa shape index (κ2) is 10.5. The van der Waals surface area contributed by atoms with Gasteiger partial charge in [-0.05, 0) is 18.2 Å². The quantitative estimate of drug-likeness (QED) is 0.244. The highest BCUT2D eigenvalue weighted by molar-refractivity contribution is 6.35. The number of hydrogen-bond donors (Lipinski definition) is 6. The SMILES string of the molecule is NC(N)=Nc1cncc(C(=O)NCC(=O)NC(CC(=O)O)c2cc(Cl)cc(Cl)c2O)c1. The topological polar surface area (TPSA) is 193 Å². The first-order valence-corrected chi connectivity index (χ1v) is 9.34. The van der Waals surface area contributed by atoms with E-state index >= 15 is 0 Å². The lowest BCUT2D eigenvalue weighted by Gasteiger charge is -2.19. The molecular formula is C18H18Cl2N6O5. The number of carboxylic acids is 1. The molecule has 164 valence electrons. The Hall–Kier alpha value is -3.57. The van der Waals surface area contributed by atoms with E-state index in [0.29, 0.717) is 0 Å². The molecule has 0 fully saturated rings. The number of pyridine rings is 1. The van der Waals surface area contributed by atoms with Gasteiger partial charge < -0.3 is 32.3 Å². The van der Waals surface area contributed by atoms with Gasteiger partial charge in [0, 0.05) is 16.8 Å². The Morgan fingerprint density at radius 1 is 1.16 bits per heavy atom. The highest BCUT2D eigenvalue weighted by atomic mass is 35.5. The molecule has 0 radical (unpaired) electrons. The van der Waals surface area contributed by atoms with Gasteiger partial charge in [0.2, 0.25) is 5.91 Å². The van der Waals surface area contributed by atoms with Gasteiger partial charge in [-0.25, -0.2) is 4.99 Å². The molecule has 0 aliphatic rings. The molecule has 2 rings (SSSR count). The molecule has 0 saturated heterocycles. The van der Waals surface area contributed by atoms with E-state index in [4.69, 9.17) is 39.8 Å². The van der Waals surface area contributed by atoms with Gasteiger partial charge in [-0.15, -0.1) is 0 Å². The molecule has 31 heavy (non-hydrogen) atoms. The monoisotopic (exact) mass is 468 g/mol. The summed E-state index contributed by atoms with van der Waals surface area (Å²) in [6, 6.07) is 2.77. The smallest absolute Gasteiger partial charge is 0.305 e. The van der Waals surface area contributed by atoms with Gasteiger partial charge in [-0.3, -0.25) is 19.4 Å². The van der Waals surface area contributed by atoms with Gasteiger partial charge in [-0.2, -0.15) is 0 Å². The highest BCUT2D eigenvalue weighted by Gasteiger charge is 2.23. The number of carbonyl (C=O) groups excluding carboxylic acids is 2. The van der Waals surface area contributed by atoms with E-state index in [1.165, 1.54) is 30.6 Å². The standard InChI is InChI=1S/C18H18Cl2N6O5/c19-9-2-11(16(30)12(20)3-9)13(4-15(28)29)26-14(27)7-24-17(31)8-1-10(6-23-5-8)25-18(21)22/h1-3,5-6,13,30H,4,7H2,(H,24,31)(H,26,27)(H,28,29)(H4,21,22,25). The third-order valence-electron chi connectivity index (χ3n) is 3.80. The maximum absolute atomic E-state index is 12.3. The van der Waals surface area contributed by atoms with E-state index in [-0.39, 0.29) is 32.8 Å². The van der Waals surface area contributed by atoms with Crippen molar-refractivity contribution in [1.29, 1.82) is 0 Å². The molecule has 0 aliphatic carbocycles. The molecule has 13 heteroatoms. The van der Waals surface area contributed by atoms with Crippen molar-refractivity contribution in [2.24, 2.45) is 16.5 Å². The van der Waals surface area contributed by atoms with Crippen LogP contribution >= 0.6 is 23.2 Å². The van der Waals surface area contributed by atoms with Crippen LogP contribution < -0.4 is 22.1 Å². The minimum absolute atomic E-state index is 0.0220. The summed E-state index contributed by atoms with van der Waals surface area (Å²) in [6.07, 6.45) is 2.02. The zero-order valence-electron chi connectivity index (χ0n) is 15.8. The van der Waals surface area contributed by atoms with Gasteiger partial charge >= 0.3 is 5.97 Å². The van der Waals surface area contributed by atoms with Crippen molar-refractivity contribution >= 4 is 52.6 Å². The van der Waals surface area contributed by atoms with Crippen LogP contribution in [0.2, 0.25) is 10.0 Å². The van der Waals surface area contributed by atoms with Crippen LogP contribution in [0.5, 0.6) is 5.75 Å². The Balaban J connectivity index is 2.09. The van der Waals surface area contributed by atoms with Gasteiger partial charge in [0.25, 0.3) is 5.91 Å². The van der Waals surface area contributed by atoms with Crippen LogP contribution in [0.1, 0.15) is 28.4 Å². The normalized spacial score (nSPS) is 11.3. The van der Waals surface area contributed by atoms with E-state index < -0.39 is 42.5 Å². The predicted octanol–water partition coefficient (Wildman–Crippen LogP) is 1.06. The number of nitrogens with one attached hydrogen (secondary N) is 2. The fraction of sp³-hybridized carbons (Fsp3) is 0.167. The number of phenols is 1. The third-order valence-corrected chi connectivity index (χ3v) is 4.31. The Morgan fingerprint density at radius 2 is 1.87 bits per heavy atom. The summed E-state index contributed by atoms with van der Waals surface area (Å²) in [5, 5.41) is 24.1. The van der Waals surface area contributed by atoms with Crippen molar-refractivity contribution in [2.75, 3.05) is 6.54 Å². The van der Waals surface area contributed by atoms with Crippen molar-refractivity contribution in [1.82, 2.24) is 15.6 Å². The van der Waals surface area contributed by atoms with Crippen molar-refractivity contribution in [3.8, 4) is 5.75 Å². The Morgan fingerprint density at radius 3 is 2.52 bits per heavy atom. The molecule has 1 atom stereocenters. The van der Waals surface area contributed by atoms with Crippen molar-refractivity contribution < 1.29 is 24.6 Å². The largest absolute Gasteiger partial charge is 0.506 e. The number of hydrogen-bond acceptors (Lipinski definition) is 6. The first-order chi connectivity index (χ1) is 14.6. The average molecular weight is 469 g/mol. The van der Waals surface area contributed by atoms with Crippen LogP contribution in [0.3, 0.4) is 0 Å². The number of phenolic OH excluding ortho intramolecular Hbond substituents is 1. The number of rotatable bonds is 8. The summed E-state index contributed by atoms with van der Waals surface area (Å²) < 4.78 is 0. The van der Waals surface area contributed by atoms with E-state index in [9.17, 15) is 19.5 Å². The van der Waals surface area contributed by atoms with Crippen LogP contribution in [0.15, 0.2) is 35.6 Å². The minimum atomic E-state index is -1.24. The molecule has 8 N–H and O–H groups in total.